The van der Waals surface area contributed by atoms with Crippen LogP contribution in [0.25, 0.3) is 0 Å². The summed E-state index contributed by atoms with van der Waals surface area (Å²) in [6.07, 6.45) is 3.74. The predicted molar refractivity (Wildman–Crippen MR) is 145 cm³/mol. The maximum Gasteiger partial charge on any atom is 0.191 e. The first kappa shape index (κ1) is 27.2. The number of nitrogens with one attached hydrogen (secondary N) is 2. The minimum atomic E-state index is 0. The van der Waals surface area contributed by atoms with E-state index in [4.69, 9.17) is 9.73 Å². The van der Waals surface area contributed by atoms with Gasteiger partial charge in [-0.3, -0.25) is 9.89 Å². The highest BCUT2D eigenvalue weighted by Crippen LogP contribution is 2.20. The molecule has 2 heterocycles. The van der Waals surface area contributed by atoms with Crippen molar-refractivity contribution >= 4 is 35.6 Å². The highest BCUT2D eigenvalue weighted by Gasteiger charge is 2.16. The third-order valence-corrected chi connectivity index (χ3v) is 5.71. The molecule has 0 aliphatic carbocycles. The van der Waals surface area contributed by atoms with Gasteiger partial charge in [0, 0.05) is 71.0 Å². The Bertz CT molecular complexity index is 818. The van der Waals surface area contributed by atoms with Crippen LogP contribution < -0.4 is 20.3 Å². The third-order valence-electron chi connectivity index (χ3n) is 5.71. The summed E-state index contributed by atoms with van der Waals surface area (Å²) in [6, 6.07) is 8.35. The number of rotatable bonds is 11. The minimum Gasteiger partial charge on any atom is -0.497 e. The van der Waals surface area contributed by atoms with Crippen LogP contribution in [0.2, 0.25) is 0 Å². The maximum atomic E-state index is 5.26. The highest BCUT2D eigenvalue weighted by molar-refractivity contribution is 14.0. The molecule has 0 bridgehead atoms. The highest BCUT2D eigenvalue weighted by atomic mass is 127. The Hall–Kier alpha value is -2.08. The number of aryl methyl sites for hydroxylation is 1. The molecule has 1 saturated heterocycles. The van der Waals surface area contributed by atoms with E-state index in [1.165, 1.54) is 5.69 Å². The summed E-state index contributed by atoms with van der Waals surface area (Å²) >= 11 is 0. The molecule has 33 heavy (non-hydrogen) atoms. The van der Waals surface area contributed by atoms with Crippen molar-refractivity contribution < 1.29 is 4.74 Å². The summed E-state index contributed by atoms with van der Waals surface area (Å²) < 4.78 is 7.34. The Morgan fingerprint density at radius 3 is 2.48 bits per heavy atom. The lowest BCUT2D eigenvalue weighted by molar-refractivity contribution is 0.256. The van der Waals surface area contributed by atoms with E-state index in [1.54, 1.807) is 13.4 Å². The largest absolute Gasteiger partial charge is 0.497 e. The maximum absolute atomic E-state index is 5.26. The Kier molecular flexibility index (Phi) is 12.3. The Balaban J connectivity index is 0.00000385. The van der Waals surface area contributed by atoms with Crippen molar-refractivity contribution in [1.82, 2.24) is 30.3 Å². The van der Waals surface area contributed by atoms with Gasteiger partial charge in [0.05, 0.1) is 7.11 Å². The number of methoxy groups -OCH3 is 1. The van der Waals surface area contributed by atoms with Crippen LogP contribution in [-0.4, -0.2) is 85.1 Å². The van der Waals surface area contributed by atoms with Gasteiger partial charge >= 0.3 is 0 Å². The first-order valence-electron chi connectivity index (χ1n) is 11.7. The molecule has 1 aliphatic rings. The van der Waals surface area contributed by atoms with Gasteiger partial charge in [0.25, 0.3) is 0 Å². The van der Waals surface area contributed by atoms with E-state index in [0.29, 0.717) is 0 Å². The van der Waals surface area contributed by atoms with Crippen molar-refractivity contribution in [2.45, 2.75) is 33.2 Å². The molecule has 0 spiro atoms. The number of hydrogen-bond donors (Lipinski definition) is 2. The van der Waals surface area contributed by atoms with Gasteiger partial charge in [-0.15, -0.1) is 34.2 Å². The quantitative estimate of drug-likeness (QED) is 0.186. The van der Waals surface area contributed by atoms with E-state index in [0.717, 1.165) is 89.3 Å². The van der Waals surface area contributed by atoms with Crippen molar-refractivity contribution in [3.63, 3.8) is 0 Å². The van der Waals surface area contributed by atoms with E-state index in [1.807, 2.05) is 12.1 Å². The van der Waals surface area contributed by atoms with Crippen molar-refractivity contribution in [2.75, 3.05) is 64.4 Å². The van der Waals surface area contributed by atoms with Crippen molar-refractivity contribution in [3.8, 4) is 5.75 Å². The average Bonchev–Trinajstić information content (AvgIpc) is 3.30. The lowest BCUT2D eigenvalue weighted by Crippen LogP contribution is -2.46. The summed E-state index contributed by atoms with van der Waals surface area (Å²) in [5.41, 5.74) is 1.27. The fourth-order valence-electron chi connectivity index (χ4n) is 3.88. The van der Waals surface area contributed by atoms with Crippen molar-refractivity contribution in [2.24, 2.45) is 4.99 Å². The van der Waals surface area contributed by atoms with Crippen LogP contribution in [0.5, 0.6) is 5.75 Å². The zero-order valence-electron chi connectivity index (χ0n) is 20.2. The molecule has 10 heteroatoms. The van der Waals surface area contributed by atoms with Crippen LogP contribution >= 0.6 is 24.0 Å². The molecule has 0 unspecified atom stereocenters. The number of anilines is 1. The van der Waals surface area contributed by atoms with Crippen LogP contribution in [0.15, 0.2) is 35.6 Å². The molecule has 0 radical (unpaired) electrons. The molecule has 9 nitrogen and oxygen atoms in total. The second kappa shape index (κ2) is 14.9. The molecule has 1 aromatic heterocycles. The summed E-state index contributed by atoms with van der Waals surface area (Å²) in [6.45, 7) is 12.9. The lowest BCUT2D eigenvalue weighted by atomic mass is 10.2. The van der Waals surface area contributed by atoms with Gasteiger partial charge in [0.15, 0.2) is 5.96 Å². The molecule has 1 fully saturated rings. The van der Waals surface area contributed by atoms with Gasteiger partial charge in [0.2, 0.25) is 0 Å². The van der Waals surface area contributed by atoms with Gasteiger partial charge in [-0.25, -0.2) is 0 Å². The molecule has 2 aromatic rings. The van der Waals surface area contributed by atoms with Crippen molar-refractivity contribution in [1.29, 1.82) is 0 Å². The lowest BCUT2D eigenvalue weighted by Gasteiger charge is -2.36. The molecule has 1 aromatic carbocycles. The summed E-state index contributed by atoms with van der Waals surface area (Å²) in [7, 11) is 1.70. The second-order valence-corrected chi connectivity index (χ2v) is 7.86. The fraction of sp³-hybridized carbons (Fsp3) is 0.609. The van der Waals surface area contributed by atoms with Crippen LogP contribution in [-0.2, 0) is 13.0 Å². The Labute approximate surface area is 215 Å². The smallest absolute Gasteiger partial charge is 0.191 e. The van der Waals surface area contributed by atoms with Crippen LogP contribution in [0, 0.1) is 0 Å². The first-order chi connectivity index (χ1) is 15.7. The summed E-state index contributed by atoms with van der Waals surface area (Å²) in [5, 5.41) is 14.9. The predicted octanol–water partition coefficient (Wildman–Crippen LogP) is 2.23. The number of piperazine rings is 1. The van der Waals surface area contributed by atoms with Gasteiger partial charge in [-0.05, 0) is 37.6 Å². The van der Waals surface area contributed by atoms with E-state index in [-0.39, 0.29) is 24.0 Å². The topological polar surface area (TPSA) is 82.8 Å². The van der Waals surface area contributed by atoms with E-state index >= 15 is 0 Å². The van der Waals surface area contributed by atoms with Gasteiger partial charge in [-0.1, -0.05) is 6.92 Å². The summed E-state index contributed by atoms with van der Waals surface area (Å²) in [4.78, 5) is 9.72. The SMILES string of the molecule is CCNC(=NCCCN1CCN(c2ccc(OC)cc2)CC1)NCCn1cnnc1CC.I. The molecule has 0 amide bonds. The van der Waals surface area contributed by atoms with Gasteiger partial charge < -0.3 is 24.8 Å². The Morgan fingerprint density at radius 2 is 1.82 bits per heavy atom. The molecule has 2 N–H and O–H groups in total. The van der Waals surface area contributed by atoms with E-state index in [2.05, 4.69) is 61.2 Å². The first-order valence-corrected chi connectivity index (χ1v) is 11.7. The molecular formula is C23H39IN8O. The molecular weight excluding hydrogens is 531 g/mol. The monoisotopic (exact) mass is 570 g/mol. The van der Waals surface area contributed by atoms with Crippen LogP contribution in [0.1, 0.15) is 26.1 Å². The second-order valence-electron chi connectivity index (χ2n) is 7.86. The zero-order chi connectivity index (χ0) is 22.6. The molecule has 1 aliphatic heterocycles. The number of benzene rings is 1. The number of guanidine groups is 1. The standard InChI is InChI=1S/C23H38N8O.HI/c1-4-22-28-27-19-31(22)14-12-26-23(24-5-2)25-11-6-13-29-15-17-30(18-16-29)20-7-9-21(32-3)10-8-20;/h7-10,19H,4-6,11-18H2,1-3H3,(H2,24,25,26);1H. The fourth-order valence-corrected chi connectivity index (χ4v) is 3.88. The Morgan fingerprint density at radius 1 is 1.06 bits per heavy atom. The molecule has 0 atom stereocenters. The molecule has 0 saturated carbocycles. The van der Waals surface area contributed by atoms with Crippen molar-refractivity contribution in [3.05, 3.63) is 36.4 Å². The normalized spacial score (nSPS) is 14.6. The summed E-state index contributed by atoms with van der Waals surface area (Å²) in [5.74, 6) is 2.80. The van der Waals surface area contributed by atoms with Gasteiger partial charge in [-0.2, -0.15) is 0 Å². The number of halogens is 1. The number of nitrogens with zero attached hydrogens (tertiary/aromatic N) is 6. The number of hydrogen-bond acceptors (Lipinski definition) is 6. The average molecular weight is 571 g/mol. The van der Waals surface area contributed by atoms with Crippen LogP contribution in [0.3, 0.4) is 0 Å². The zero-order valence-corrected chi connectivity index (χ0v) is 22.5. The number of ether oxygens (including phenoxy) is 1. The van der Waals surface area contributed by atoms with E-state index in [9.17, 15) is 0 Å². The number of aliphatic imine (C=N–C) groups is 1. The van der Waals surface area contributed by atoms with Crippen LogP contribution in [0.4, 0.5) is 5.69 Å². The minimum absolute atomic E-state index is 0. The molecule has 3 rings (SSSR count). The number of aromatic nitrogens is 3. The van der Waals surface area contributed by atoms with Gasteiger partial charge in [0.1, 0.15) is 17.9 Å². The molecule has 184 valence electrons. The third kappa shape index (κ3) is 8.65. The van der Waals surface area contributed by atoms with E-state index < -0.39 is 0 Å².